The fourth-order valence-electron chi connectivity index (χ4n) is 6.41. The average molecular weight is 548 g/mol. The van der Waals surface area contributed by atoms with Crippen LogP contribution in [-0.2, 0) is 0 Å². The van der Waals surface area contributed by atoms with Gasteiger partial charge >= 0.3 is 0 Å². The molecule has 1 heterocycles. The molecule has 0 N–H and O–H groups in total. The van der Waals surface area contributed by atoms with E-state index in [9.17, 15) is 0 Å². The first-order valence-corrected chi connectivity index (χ1v) is 14.8. The SMILES string of the molecule is Cc1ccc(-c2ccc(-c3ccc4ccc(-c5c6ccccc6c(-c6ccccc6)c6ccccc56)cc4c3)cc2)nc1. The smallest absolute Gasteiger partial charge is 0.0702 e. The molecule has 1 aromatic heterocycles. The van der Waals surface area contributed by atoms with Crippen molar-refractivity contribution in [1.29, 1.82) is 0 Å². The Labute approximate surface area is 251 Å². The number of pyridine rings is 1. The first-order chi connectivity index (χ1) is 21.2. The molecule has 7 aromatic carbocycles. The fourth-order valence-corrected chi connectivity index (χ4v) is 6.41. The molecule has 43 heavy (non-hydrogen) atoms. The van der Waals surface area contributed by atoms with Crippen LogP contribution < -0.4 is 0 Å². The van der Waals surface area contributed by atoms with E-state index in [0.29, 0.717) is 0 Å². The summed E-state index contributed by atoms with van der Waals surface area (Å²) in [6.07, 6.45) is 1.92. The van der Waals surface area contributed by atoms with E-state index >= 15 is 0 Å². The minimum absolute atomic E-state index is 0.998. The number of benzene rings is 7. The Morgan fingerprint density at radius 3 is 1.49 bits per heavy atom. The molecule has 1 heteroatoms. The van der Waals surface area contributed by atoms with Gasteiger partial charge in [-0.1, -0.05) is 133 Å². The quantitative estimate of drug-likeness (QED) is 0.200. The van der Waals surface area contributed by atoms with Crippen LogP contribution in [-0.4, -0.2) is 4.98 Å². The second-order valence-corrected chi connectivity index (χ2v) is 11.3. The Bertz CT molecular complexity index is 2200. The third-order valence-electron chi connectivity index (χ3n) is 8.55. The van der Waals surface area contributed by atoms with Gasteiger partial charge < -0.3 is 0 Å². The van der Waals surface area contributed by atoms with Crippen molar-refractivity contribution >= 4 is 32.3 Å². The molecular formula is C42H29N. The van der Waals surface area contributed by atoms with Gasteiger partial charge in [-0.05, 0) is 96.4 Å². The first kappa shape index (κ1) is 25.2. The van der Waals surface area contributed by atoms with Crippen LogP contribution in [0, 0.1) is 6.92 Å². The van der Waals surface area contributed by atoms with Gasteiger partial charge in [0.15, 0.2) is 0 Å². The molecule has 1 nitrogen and oxygen atoms in total. The van der Waals surface area contributed by atoms with E-state index in [2.05, 4.69) is 164 Å². The van der Waals surface area contributed by atoms with Crippen molar-refractivity contribution in [2.45, 2.75) is 6.92 Å². The molecule has 0 amide bonds. The normalized spacial score (nSPS) is 11.4. The largest absolute Gasteiger partial charge is 0.256 e. The molecule has 0 atom stereocenters. The Hall–Kier alpha value is -5.53. The van der Waals surface area contributed by atoms with Crippen LogP contribution >= 0.6 is 0 Å². The van der Waals surface area contributed by atoms with Gasteiger partial charge in [0.05, 0.1) is 5.69 Å². The Morgan fingerprint density at radius 1 is 0.372 bits per heavy atom. The lowest BCUT2D eigenvalue weighted by atomic mass is 9.85. The summed E-state index contributed by atoms with van der Waals surface area (Å²) in [5, 5.41) is 7.58. The summed E-state index contributed by atoms with van der Waals surface area (Å²) in [5.41, 5.74) is 10.8. The van der Waals surface area contributed by atoms with Crippen molar-refractivity contribution in [3.63, 3.8) is 0 Å². The maximum Gasteiger partial charge on any atom is 0.0702 e. The third-order valence-corrected chi connectivity index (χ3v) is 8.55. The van der Waals surface area contributed by atoms with Crippen molar-refractivity contribution in [1.82, 2.24) is 4.98 Å². The fraction of sp³-hybridized carbons (Fsp3) is 0.0238. The van der Waals surface area contributed by atoms with E-state index < -0.39 is 0 Å². The number of aryl methyl sites for hydroxylation is 1. The molecule has 0 aliphatic heterocycles. The maximum atomic E-state index is 4.60. The Kier molecular flexibility index (Phi) is 6.09. The van der Waals surface area contributed by atoms with Gasteiger partial charge in [0.25, 0.3) is 0 Å². The topological polar surface area (TPSA) is 12.9 Å². The molecule has 8 rings (SSSR count). The van der Waals surface area contributed by atoms with Crippen LogP contribution in [0.3, 0.4) is 0 Å². The summed E-state index contributed by atoms with van der Waals surface area (Å²) >= 11 is 0. The minimum Gasteiger partial charge on any atom is -0.256 e. The summed E-state index contributed by atoms with van der Waals surface area (Å²) in [6, 6.07) is 55.1. The van der Waals surface area contributed by atoms with Crippen molar-refractivity contribution < 1.29 is 0 Å². The van der Waals surface area contributed by atoms with Gasteiger partial charge in [-0.3, -0.25) is 4.98 Å². The van der Waals surface area contributed by atoms with E-state index in [0.717, 1.165) is 11.3 Å². The van der Waals surface area contributed by atoms with Crippen molar-refractivity contribution in [3.8, 4) is 44.6 Å². The predicted molar refractivity (Wildman–Crippen MR) is 183 cm³/mol. The molecule has 0 fully saturated rings. The van der Waals surface area contributed by atoms with Crippen LogP contribution in [0.25, 0.3) is 77.0 Å². The molecule has 0 saturated carbocycles. The number of aromatic nitrogens is 1. The lowest BCUT2D eigenvalue weighted by Gasteiger charge is -2.18. The van der Waals surface area contributed by atoms with Gasteiger partial charge in [0.1, 0.15) is 0 Å². The van der Waals surface area contributed by atoms with Crippen LogP contribution in [0.4, 0.5) is 0 Å². The van der Waals surface area contributed by atoms with Crippen molar-refractivity contribution in [3.05, 3.63) is 163 Å². The summed E-state index contributed by atoms with van der Waals surface area (Å²) in [6.45, 7) is 2.07. The predicted octanol–water partition coefficient (Wildman–Crippen LogP) is 11.5. The van der Waals surface area contributed by atoms with Crippen LogP contribution in [0.2, 0.25) is 0 Å². The summed E-state index contributed by atoms with van der Waals surface area (Å²) in [5.74, 6) is 0. The molecule has 0 aliphatic rings. The summed E-state index contributed by atoms with van der Waals surface area (Å²) < 4.78 is 0. The minimum atomic E-state index is 0.998. The second kappa shape index (κ2) is 10.4. The Morgan fingerprint density at radius 2 is 0.884 bits per heavy atom. The number of fused-ring (bicyclic) bond motifs is 3. The molecule has 0 spiro atoms. The van der Waals surface area contributed by atoms with E-state index in [4.69, 9.17) is 0 Å². The lowest BCUT2D eigenvalue weighted by Crippen LogP contribution is -1.91. The standard InChI is InChI=1S/C42H29N/c1-28-15-24-40(43-27-28)31-20-16-29(17-21-31)33-22-18-30-19-23-34(26-35(30)25-33)42-38-13-7-5-11-36(38)41(32-9-3-2-4-10-32)37-12-6-8-14-39(37)42/h2-27H,1H3. The first-order valence-electron chi connectivity index (χ1n) is 14.8. The van der Waals surface area contributed by atoms with Crippen molar-refractivity contribution in [2.24, 2.45) is 0 Å². The molecule has 0 unspecified atom stereocenters. The maximum absolute atomic E-state index is 4.60. The highest BCUT2D eigenvalue weighted by Crippen LogP contribution is 2.44. The highest BCUT2D eigenvalue weighted by molar-refractivity contribution is 6.21. The Balaban J connectivity index is 1.27. The van der Waals surface area contributed by atoms with Crippen molar-refractivity contribution in [2.75, 3.05) is 0 Å². The van der Waals surface area contributed by atoms with Gasteiger partial charge in [-0.2, -0.15) is 0 Å². The van der Waals surface area contributed by atoms with E-state index in [1.54, 1.807) is 0 Å². The molecule has 8 aromatic rings. The van der Waals surface area contributed by atoms with Crippen LogP contribution in [0.15, 0.2) is 158 Å². The van der Waals surface area contributed by atoms with E-state index in [1.165, 1.54) is 71.3 Å². The zero-order chi connectivity index (χ0) is 28.8. The molecule has 0 aliphatic carbocycles. The van der Waals surface area contributed by atoms with Crippen LogP contribution in [0.1, 0.15) is 5.56 Å². The van der Waals surface area contributed by atoms with Gasteiger partial charge in [0.2, 0.25) is 0 Å². The molecule has 0 bridgehead atoms. The highest BCUT2D eigenvalue weighted by Gasteiger charge is 2.16. The molecule has 0 radical (unpaired) electrons. The average Bonchev–Trinajstić information content (AvgIpc) is 3.07. The van der Waals surface area contributed by atoms with Gasteiger partial charge in [-0.25, -0.2) is 0 Å². The number of hydrogen-bond donors (Lipinski definition) is 0. The zero-order valence-corrected chi connectivity index (χ0v) is 24.0. The number of rotatable bonds is 4. The number of nitrogens with zero attached hydrogens (tertiary/aromatic N) is 1. The highest BCUT2D eigenvalue weighted by atomic mass is 14.7. The van der Waals surface area contributed by atoms with Crippen LogP contribution in [0.5, 0.6) is 0 Å². The zero-order valence-electron chi connectivity index (χ0n) is 24.0. The van der Waals surface area contributed by atoms with Gasteiger partial charge in [-0.15, -0.1) is 0 Å². The monoisotopic (exact) mass is 547 g/mol. The number of hydrogen-bond acceptors (Lipinski definition) is 1. The molecule has 0 saturated heterocycles. The summed E-state index contributed by atoms with van der Waals surface area (Å²) in [7, 11) is 0. The van der Waals surface area contributed by atoms with E-state index in [1.807, 2.05) is 6.20 Å². The van der Waals surface area contributed by atoms with E-state index in [-0.39, 0.29) is 0 Å². The third kappa shape index (κ3) is 4.47. The second-order valence-electron chi connectivity index (χ2n) is 11.3. The molecule has 202 valence electrons. The molecular weight excluding hydrogens is 518 g/mol. The summed E-state index contributed by atoms with van der Waals surface area (Å²) in [4.78, 5) is 4.60. The van der Waals surface area contributed by atoms with Gasteiger partial charge in [0, 0.05) is 11.8 Å². The lowest BCUT2D eigenvalue weighted by molar-refractivity contribution is 1.27.